The first-order valence-corrected chi connectivity index (χ1v) is 12.4. The number of nitrogens with zero attached hydrogens (tertiary/aromatic N) is 1. The van der Waals surface area contributed by atoms with Crippen molar-refractivity contribution >= 4 is 0 Å². The van der Waals surface area contributed by atoms with E-state index in [1.807, 2.05) is 20.8 Å². The monoisotopic (exact) mass is 429 g/mol. The van der Waals surface area contributed by atoms with E-state index in [2.05, 4.69) is 30.8 Å². The van der Waals surface area contributed by atoms with Gasteiger partial charge in [0, 0.05) is 5.92 Å². The molecule has 0 aliphatic heterocycles. The number of allylic oxidation sites excluding steroid dienone is 3. The molecule has 6 atom stereocenters. The Labute approximate surface area is 188 Å². The highest BCUT2D eigenvalue weighted by atomic mass is 16.3. The van der Waals surface area contributed by atoms with Gasteiger partial charge in [-0.3, -0.25) is 0 Å². The molecule has 3 aliphatic carbocycles. The minimum Gasteiger partial charge on any atom is -0.392 e. The van der Waals surface area contributed by atoms with Gasteiger partial charge in [-0.05, 0) is 93.6 Å². The first-order chi connectivity index (χ1) is 14.6. The molecule has 0 aromatic rings. The molecule has 3 aliphatic rings. The zero-order valence-corrected chi connectivity index (χ0v) is 20.1. The van der Waals surface area contributed by atoms with Crippen LogP contribution >= 0.6 is 0 Å². The third-order valence-electron chi connectivity index (χ3n) is 8.67. The lowest BCUT2D eigenvalue weighted by molar-refractivity contribution is 0.0659. The molecule has 0 bridgehead atoms. The fourth-order valence-corrected chi connectivity index (χ4v) is 6.57. The maximum atomic E-state index is 11.3. The highest BCUT2D eigenvalue weighted by molar-refractivity contribution is 5.40. The molecule has 0 radical (unpaired) electrons. The molecule has 3 rings (SSSR count). The van der Waals surface area contributed by atoms with E-state index in [-0.39, 0.29) is 5.92 Å². The summed E-state index contributed by atoms with van der Waals surface area (Å²) < 4.78 is 0. The molecule has 6 unspecified atom stereocenters. The van der Waals surface area contributed by atoms with Crippen LogP contribution in [0.3, 0.4) is 0 Å². The van der Waals surface area contributed by atoms with Crippen molar-refractivity contribution in [2.24, 2.45) is 28.3 Å². The van der Waals surface area contributed by atoms with Crippen LogP contribution in [0.5, 0.6) is 0 Å². The third-order valence-corrected chi connectivity index (χ3v) is 8.67. The second-order valence-electron chi connectivity index (χ2n) is 11.4. The van der Waals surface area contributed by atoms with Crippen molar-refractivity contribution < 1.29 is 10.2 Å². The fourth-order valence-electron chi connectivity index (χ4n) is 6.57. The number of hydrogen-bond donors (Lipinski definition) is 2. The molecular formula is C27H43NO3. The number of rotatable bonds is 7. The lowest BCUT2D eigenvalue weighted by atomic mass is 9.62. The summed E-state index contributed by atoms with van der Waals surface area (Å²) in [6, 6.07) is -0.523. The Bertz CT molecular complexity index is 731. The molecule has 3 fully saturated rings. The number of hydrogen-bond acceptors (Lipinski definition) is 4. The van der Waals surface area contributed by atoms with E-state index in [9.17, 15) is 15.1 Å². The Hall–Kier alpha value is -1.26. The van der Waals surface area contributed by atoms with E-state index in [4.69, 9.17) is 0 Å². The Balaban J connectivity index is 1.68. The molecule has 4 nitrogen and oxygen atoms in total. The van der Waals surface area contributed by atoms with Gasteiger partial charge in [0.2, 0.25) is 0 Å². The molecule has 0 spiro atoms. The van der Waals surface area contributed by atoms with Crippen LogP contribution in [-0.2, 0) is 0 Å². The van der Waals surface area contributed by atoms with Crippen LogP contribution in [0.1, 0.15) is 91.9 Å². The maximum Gasteiger partial charge on any atom is 0.122 e. The minimum atomic E-state index is -0.552. The largest absolute Gasteiger partial charge is 0.392 e. The van der Waals surface area contributed by atoms with Crippen molar-refractivity contribution in [1.29, 1.82) is 0 Å². The Kier molecular flexibility index (Phi) is 7.63. The summed E-state index contributed by atoms with van der Waals surface area (Å²) in [4.78, 5) is 11.3. The molecule has 4 heteroatoms. The molecule has 3 saturated carbocycles. The van der Waals surface area contributed by atoms with Crippen molar-refractivity contribution in [3.63, 3.8) is 0 Å². The summed E-state index contributed by atoms with van der Waals surface area (Å²) in [6.07, 6.45) is 15.1. The van der Waals surface area contributed by atoms with Gasteiger partial charge in [0.25, 0.3) is 0 Å². The topological polar surface area (TPSA) is 69.9 Å². The SMILES string of the molecule is C=C1/C(=C/C=C2\CCCC3(C)C(CCCCC(C)(C)O)CCC23)CC(O)C(C)C1N=O. The first kappa shape index (κ1) is 24.4. The van der Waals surface area contributed by atoms with Gasteiger partial charge in [-0.25, -0.2) is 0 Å². The van der Waals surface area contributed by atoms with Crippen LogP contribution in [0, 0.1) is 28.1 Å². The minimum absolute atomic E-state index is 0.167. The summed E-state index contributed by atoms with van der Waals surface area (Å²) in [7, 11) is 0. The van der Waals surface area contributed by atoms with E-state index in [0.717, 1.165) is 36.3 Å². The van der Waals surface area contributed by atoms with Gasteiger partial charge in [0.1, 0.15) is 6.04 Å². The van der Waals surface area contributed by atoms with Gasteiger partial charge >= 0.3 is 0 Å². The van der Waals surface area contributed by atoms with Gasteiger partial charge in [0.05, 0.1) is 11.7 Å². The predicted octanol–water partition coefficient (Wildman–Crippen LogP) is 6.48. The van der Waals surface area contributed by atoms with Crippen LogP contribution in [-0.4, -0.2) is 28.0 Å². The van der Waals surface area contributed by atoms with E-state index in [1.54, 1.807) is 0 Å². The zero-order valence-electron chi connectivity index (χ0n) is 20.1. The first-order valence-electron chi connectivity index (χ1n) is 12.4. The van der Waals surface area contributed by atoms with E-state index < -0.39 is 17.7 Å². The molecule has 31 heavy (non-hydrogen) atoms. The maximum absolute atomic E-state index is 11.3. The van der Waals surface area contributed by atoms with Crippen LogP contribution in [0.2, 0.25) is 0 Å². The van der Waals surface area contributed by atoms with Crippen LogP contribution in [0.25, 0.3) is 0 Å². The Morgan fingerprint density at radius 1 is 1.26 bits per heavy atom. The van der Waals surface area contributed by atoms with E-state index in [0.29, 0.717) is 17.8 Å². The number of aliphatic hydroxyl groups excluding tert-OH is 1. The van der Waals surface area contributed by atoms with Crippen molar-refractivity contribution in [3.8, 4) is 0 Å². The molecular weight excluding hydrogens is 386 g/mol. The second-order valence-corrected chi connectivity index (χ2v) is 11.4. The lowest BCUT2D eigenvalue weighted by Crippen LogP contribution is -2.35. The molecule has 0 aromatic heterocycles. The van der Waals surface area contributed by atoms with Crippen molar-refractivity contribution in [1.82, 2.24) is 0 Å². The summed E-state index contributed by atoms with van der Waals surface area (Å²) in [5, 5.41) is 23.6. The number of unbranched alkanes of at least 4 members (excludes halogenated alkanes) is 1. The van der Waals surface area contributed by atoms with Gasteiger partial charge in [0.15, 0.2) is 0 Å². The van der Waals surface area contributed by atoms with Gasteiger partial charge in [-0.15, -0.1) is 0 Å². The second kappa shape index (κ2) is 9.70. The highest BCUT2D eigenvalue weighted by Gasteiger charge is 2.48. The van der Waals surface area contributed by atoms with Gasteiger partial charge in [-0.1, -0.05) is 56.2 Å². The summed E-state index contributed by atoms with van der Waals surface area (Å²) >= 11 is 0. The van der Waals surface area contributed by atoms with Crippen LogP contribution in [0.15, 0.2) is 40.6 Å². The normalized spacial score (nSPS) is 39.2. The van der Waals surface area contributed by atoms with E-state index in [1.165, 1.54) is 44.1 Å². The van der Waals surface area contributed by atoms with E-state index >= 15 is 0 Å². The molecule has 0 aromatic carbocycles. The number of nitroso groups, excluding NO2 is 1. The molecule has 0 heterocycles. The van der Waals surface area contributed by atoms with Crippen molar-refractivity contribution in [2.45, 2.75) is 110 Å². The van der Waals surface area contributed by atoms with Crippen LogP contribution < -0.4 is 0 Å². The van der Waals surface area contributed by atoms with Crippen LogP contribution in [0.4, 0.5) is 0 Å². The number of aliphatic hydroxyl groups is 2. The standard InChI is InChI=1S/C27H43NO3/c1-18-21(17-24(29)19(2)25(18)28-31)12-11-20-9-8-16-27(5)22(13-14-23(20)27)10-6-7-15-26(3,4)30/h11-12,19,22-25,29-30H,1,6-10,13-17H2,2-5H3/b20-11+,21-12+. The third kappa shape index (κ3) is 5.39. The molecule has 0 saturated heterocycles. The quantitative estimate of drug-likeness (QED) is 0.359. The van der Waals surface area contributed by atoms with Gasteiger partial charge in [-0.2, -0.15) is 4.91 Å². The summed E-state index contributed by atoms with van der Waals surface area (Å²) in [5.74, 6) is 1.24. The van der Waals surface area contributed by atoms with Crippen molar-refractivity contribution in [2.75, 3.05) is 0 Å². The molecule has 0 amide bonds. The molecule has 2 N–H and O–H groups in total. The smallest absolute Gasteiger partial charge is 0.122 e. The Morgan fingerprint density at radius 3 is 2.68 bits per heavy atom. The van der Waals surface area contributed by atoms with Gasteiger partial charge < -0.3 is 10.2 Å². The molecule has 174 valence electrons. The lowest BCUT2D eigenvalue weighted by Gasteiger charge is -2.42. The summed E-state index contributed by atoms with van der Waals surface area (Å²) in [6.45, 7) is 12.3. The average Bonchev–Trinajstić information content (AvgIpc) is 3.03. The zero-order chi connectivity index (χ0) is 22.8. The predicted molar refractivity (Wildman–Crippen MR) is 128 cm³/mol. The Morgan fingerprint density at radius 2 is 2.00 bits per heavy atom. The fraction of sp³-hybridized carbons (Fsp3) is 0.778. The highest BCUT2D eigenvalue weighted by Crippen LogP contribution is 2.58. The average molecular weight is 430 g/mol. The number of fused-ring (bicyclic) bond motifs is 1. The van der Waals surface area contributed by atoms with Crippen molar-refractivity contribution in [3.05, 3.63) is 40.4 Å². The summed E-state index contributed by atoms with van der Waals surface area (Å²) in [5.41, 5.74) is 3.12.